The van der Waals surface area contributed by atoms with Crippen molar-refractivity contribution in [2.45, 2.75) is 11.3 Å². The SMILES string of the molecule is Cc1sc(S(=O)(=O)Nc2ccc(Cl)c3c(Cl)c[nH]c23)nc1C(=O)N(C)C. The number of halogens is 2. The molecule has 0 aliphatic heterocycles. The topological polar surface area (TPSA) is 95.2 Å². The van der Waals surface area contributed by atoms with Crippen LogP contribution in [0.15, 0.2) is 22.7 Å². The lowest BCUT2D eigenvalue weighted by Gasteiger charge is -2.08. The van der Waals surface area contributed by atoms with Crippen LogP contribution in [-0.4, -0.2) is 43.3 Å². The average molecular weight is 433 g/mol. The minimum Gasteiger partial charge on any atom is -0.358 e. The van der Waals surface area contributed by atoms with Crippen LogP contribution in [0, 0.1) is 6.92 Å². The summed E-state index contributed by atoms with van der Waals surface area (Å²) < 4.78 is 27.7. The number of nitrogens with zero attached hydrogens (tertiary/aromatic N) is 2. The molecule has 0 radical (unpaired) electrons. The van der Waals surface area contributed by atoms with Gasteiger partial charge in [-0.25, -0.2) is 4.98 Å². The minimum atomic E-state index is -3.99. The van der Waals surface area contributed by atoms with Gasteiger partial charge in [0.25, 0.3) is 15.9 Å². The van der Waals surface area contributed by atoms with E-state index in [1.807, 2.05) is 0 Å². The molecule has 26 heavy (non-hydrogen) atoms. The fourth-order valence-corrected chi connectivity index (χ4v) is 5.22. The lowest BCUT2D eigenvalue weighted by atomic mass is 10.2. The molecule has 7 nitrogen and oxygen atoms in total. The van der Waals surface area contributed by atoms with Crippen LogP contribution in [0.25, 0.3) is 10.9 Å². The van der Waals surface area contributed by atoms with Crippen molar-refractivity contribution < 1.29 is 13.2 Å². The van der Waals surface area contributed by atoms with E-state index in [-0.39, 0.29) is 21.6 Å². The molecule has 11 heteroatoms. The van der Waals surface area contributed by atoms with E-state index in [1.54, 1.807) is 27.1 Å². The molecule has 0 aliphatic carbocycles. The summed E-state index contributed by atoms with van der Waals surface area (Å²) in [7, 11) is -0.836. The largest absolute Gasteiger partial charge is 0.358 e. The number of anilines is 1. The molecule has 3 rings (SSSR count). The van der Waals surface area contributed by atoms with Gasteiger partial charge in [0.1, 0.15) is 5.69 Å². The van der Waals surface area contributed by atoms with Gasteiger partial charge in [0.15, 0.2) is 0 Å². The molecule has 0 saturated carbocycles. The molecule has 0 fully saturated rings. The van der Waals surface area contributed by atoms with Crippen LogP contribution < -0.4 is 4.72 Å². The zero-order chi connectivity index (χ0) is 19.2. The predicted molar refractivity (Wildman–Crippen MR) is 104 cm³/mol. The first-order valence-electron chi connectivity index (χ1n) is 7.29. The maximum atomic E-state index is 12.7. The van der Waals surface area contributed by atoms with Gasteiger partial charge in [-0.2, -0.15) is 8.42 Å². The zero-order valence-corrected chi connectivity index (χ0v) is 17.1. The Hall–Kier alpha value is -1.81. The second-order valence-electron chi connectivity index (χ2n) is 5.67. The summed E-state index contributed by atoms with van der Waals surface area (Å²) in [5.41, 5.74) is 0.859. The number of benzene rings is 1. The van der Waals surface area contributed by atoms with E-state index in [0.717, 1.165) is 11.3 Å². The van der Waals surface area contributed by atoms with Crippen LogP contribution in [0.2, 0.25) is 10.0 Å². The van der Waals surface area contributed by atoms with Crippen LogP contribution in [0.1, 0.15) is 15.4 Å². The van der Waals surface area contributed by atoms with E-state index >= 15 is 0 Å². The van der Waals surface area contributed by atoms with E-state index < -0.39 is 10.0 Å². The molecule has 1 amide bonds. The highest BCUT2D eigenvalue weighted by molar-refractivity contribution is 7.94. The lowest BCUT2D eigenvalue weighted by Crippen LogP contribution is -2.23. The Morgan fingerprint density at radius 1 is 1.27 bits per heavy atom. The monoisotopic (exact) mass is 432 g/mol. The van der Waals surface area contributed by atoms with Gasteiger partial charge in [-0.1, -0.05) is 23.2 Å². The molecular weight excluding hydrogens is 419 g/mol. The van der Waals surface area contributed by atoms with E-state index in [0.29, 0.717) is 25.8 Å². The highest BCUT2D eigenvalue weighted by Gasteiger charge is 2.25. The molecule has 0 bridgehead atoms. The third-order valence-corrected chi connectivity index (χ3v) is 6.92. The van der Waals surface area contributed by atoms with Crippen molar-refractivity contribution in [2.75, 3.05) is 18.8 Å². The maximum Gasteiger partial charge on any atom is 0.289 e. The second kappa shape index (κ2) is 6.73. The molecular formula is C15H14Cl2N4O3S2. The molecule has 0 atom stereocenters. The molecule has 3 aromatic rings. The Kier molecular flexibility index (Phi) is 4.91. The third kappa shape index (κ3) is 3.27. The lowest BCUT2D eigenvalue weighted by molar-refractivity contribution is 0.0821. The summed E-state index contributed by atoms with van der Waals surface area (Å²) >= 11 is 13.1. The van der Waals surface area contributed by atoms with E-state index in [4.69, 9.17) is 23.2 Å². The third-order valence-electron chi connectivity index (χ3n) is 3.60. The summed E-state index contributed by atoms with van der Waals surface area (Å²) in [6.07, 6.45) is 1.53. The number of hydrogen-bond acceptors (Lipinski definition) is 5. The van der Waals surface area contributed by atoms with Crippen LogP contribution in [0.4, 0.5) is 5.69 Å². The van der Waals surface area contributed by atoms with Gasteiger partial charge in [-0.3, -0.25) is 9.52 Å². The van der Waals surface area contributed by atoms with Gasteiger partial charge in [0.2, 0.25) is 4.34 Å². The van der Waals surface area contributed by atoms with Crippen molar-refractivity contribution >= 4 is 67.1 Å². The van der Waals surface area contributed by atoms with Gasteiger partial charge in [-0.15, -0.1) is 11.3 Å². The van der Waals surface area contributed by atoms with Crippen molar-refractivity contribution in [1.82, 2.24) is 14.9 Å². The van der Waals surface area contributed by atoms with Gasteiger partial charge >= 0.3 is 0 Å². The number of thiazole rings is 1. The molecule has 2 aromatic heterocycles. The van der Waals surface area contributed by atoms with Gasteiger partial charge < -0.3 is 9.88 Å². The van der Waals surface area contributed by atoms with E-state index in [9.17, 15) is 13.2 Å². The molecule has 2 N–H and O–H groups in total. The number of fused-ring (bicyclic) bond motifs is 1. The summed E-state index contributed by atoms with van der Waals surface area (Å²) in [5, 5.41) is 1.31. The van der Waals surface area contributed by atoms with Crippen LogP contribution in [0.3, 0.4) is 0 Å². The maximum absolute atomic E-state index is 12.7. The molecule has 0 spiro atoms. The summed E-state index contributed by atoms with van der Waals surface area (Å²) in [6.45, 7) is 1.65. The Morgan fingerprint density at radius 3 is 2.62 bits per heavy atom. The van der Waals surface area contributed by atoms with Gasteiger partial charge in [0.05, 0.1) is 21.2 Å². The first kappa shape index (κ1) is 19.0. The normalized spacial score (nSPS) is 11.7. The first-order valence-corrected chi connectivity index (χ1v) is 10.3. The minimum absolute atomic E-state index is 0.115. The molecule has 0 aliphatic rings. The highest BCUT2D eigenvalue weighted by atomic mass is 35.5. The Bertz CT molecular complexity index is 1120. The molecule has 1 aromatic carbocycles. The number of H-pyrrole nitrogens is 1. The first-order chi connectivity index (χ1) is 12.1. The zero-order valence-electron chi connectivity index (χ0n) is 13.9. The molecule has 0 saturated heterocycles. The Labute approximate surface area is 164 Å². The fraction of sp³-hybridized carbons (Fsp3) is 0.200. The number of sulfonamides is 1. The van der Waals surface area contributed by atoms with Gasteiger partial charge in [0, 0.05) is 30.6 Å². The van der Waals surface area contributed by atoms with Crippen molar-refractivity contribution in [2.24, 2.45) is 0 Å². The van der Waals surface area contributed by atoms with Crippen molar-refractivity contribution in [3.63, 3.8) is 0 Å². The second-order valence-corrected chi connectivity index (χ2v) is 9.54. The van der Waals surface area contributed by atoms with E-state index in [2.05, 4.69) is 14.7 Å². The number of aromatic amines is 1. The number of carbonyl (C=O) groups excluding carboxylic acids is 1. The number of carbonyl (C=O) groups is 1. The number of amides is 1. The summed E-state index contributed by atoms with van der Waals surface area (Å²) in [5.74, 6) is -0.356. The van der Waals surface area contributed by atoms with Crippen molar-refractivity contribution in [3.8, 4) is 0 Å². The number of rotatable bonds is 4. The Morgan fingerprint density at radius 2 is 1.96 bits per heavy atom. The van der Waals surface area contributed by atoms with Crippen molar-refractivity contribution in [1.29, 1.82) is 0 Å². The van der Waals surface area contributed by atoms with Gasteiger partial charge in [-0.05, 0) is 19.1 Å². The van der Waals surface area contributed by atoms with Crippen molar-refractivity contribution in [3.05, 3.63) is 38.9 Å². The summed E-state index contributed by atoms with van der Waals surface area (Å²) in [4.78, 5) is 20.9. The van der Waals surface area contributed by atoms with Crippen LogP contribution in [-0.2, 0) is 10.0 Å². The number of aryl methyl sites for hydroxylation is 1. The predicted octanol–water partition coefficient (Wildman–Crippen LogP) is 3.74. The molecule has 2 heterocycles. The Balaban J connectivity index is 2.02. The highest BCUT2D eigenvalue weighted by Crippen LogP contribution is 2.35. The average Bonchev–Trinajstić information content (AvgIpc) is 3.14. The number of aromatic nitrogens is 2. The quantitative estimate of drug-likeness (QED) is 0.655. The summed E-state index contributed by atoms with van der Waals surface area (Å²) in [6, 6.07) is 3.08. The smallest absolute Gasteiger partial charge is 0.289 e. The molecule has 0 unspecified atom stereocenters. The van der Waals surface area contributed by atoms with Crippen LogP contribution in [0.5, 0.6) is 0 Å². The fourth-order valence-electron chi connectivity index (χ4n) is 2.34. The van der Waals surface area contributed by atoms with E-state index in [1.165, 1.54) is 17.2 Å². The number of nitrogens with one attached hydrogen (secondary N) is 2. The standard InChI is InChI=1S/C15H14Cl2N4O3S2/c1-7-12(14(22)21(2)3)19-15(25-7)26(23,24)20-10-5-4-8(16)11-9(17)6-18-13(10)11/h4-6,18,20H,1-3H3. The van der Waals surface area contributed by atoms with Crippen LogP contribution >= 0.6 is 34.5 Å². The number of hydrogen-bond donors (Lipinski definition) is 2. The molecule has 138 valence electrons.